The molecule has 98 valence electrons. The fourth-order valence-corrected chi connectivity index (χ4v) is 2.97. The van der Waals surface area contributed by atoms with Gasteiger partial charge in [-0.2, -0.15) is 0 Å². The summed E-state index contributed by atoms with van der Waals surface area (Å²) >= 11 is 0. The SMILES string of the molecule is COC(=O)NC1CCN(C2CCNCC2C)C1. The summed E-state index contributed by atoms with van der Waals surface area (Å²) in [6, 6.07) is 0.922. The number of amides is 1. The number of nitrogens with zero attached hydrogens (tertiary/aromatic N) is 1. The molecular formula is C12H23N3O2. The largest absolute Gasteiger partial charge is 0.453 e. The van der Waals surface area contributed by atoms with E-state index < -0.39 is 0 Å². The van der Waals surface area contributed by atoms with E-state index in [0.717, 1.165) is 32.6 Å². The Morgan fingerprint density at radius 3 is 3.00 bits per heavy atom. The Labute approximate surface area is 103 Å². The number of ether oxygens (including phenoxy) is 1. The molecule has 1 amide bonds. The number of methoxy groups -OCH3 is 1. The molecule has 2 saturated heterocycles. The molecule has 2 fully saturated rings. The van der Waals surface area contributed by atoms with Crippen molar-refractivity contribution in [2.45, 2.75) is 31.8 Å². The molecule has 2 aliphatic rings. The van der Waals surface area contributed by atoms with Crippen LogP contribution in [-0.4, -0.2) is 56.4 Å². The number of likely N-dealkylation sites (tertiary alicyclic amines) is 1. The summed E-state index contributed by atoms with van der Waals surface area (Å²) in [6.07, 6.45) is 1.94. The number of piperidine rings is 1. The molecule has 2 N–H and O–H groups in total. The number of hydrogen-bond acceptors (Lipinski definition) is 4. The van der Waals surface area contributed by atoms with Gasteiger partial charge in [-0.1, -0.05) is 6.92 Å². The first-order valence-corrected chi connectivity index (χ1v) is 6.50. The summed E-state index contributed by atoms with van der Waals surface area (Å²) in [6.45, 7) is 6.57. The number of hydrogen-bond donors (Lipinski definition) is 2. The molecule has 0 radical (unpaired) electrons. The molecule has 2 aliphatic heterocycles. The second kappa shape index (κ2) is 5.69. The van der Waals surface area contributed by atoms with Crippen LogP contribution in [0.4, 0.5) is 4.79 Å². The molecular weight excluding hydrogens is 218 g/mol. The lowest BCUT2D eigenvalue weighted by molar-refractivity contribution is 0.141. The van der Waals surface area contributed by atoms with Gasteiger partial charge in [0, 0.05) is 25.2 Å². The molecule has 5 heteroatoms. The molecule has 3 atom stereocenters. The third-order valence-corrected chi connectivity index (χ3v) is 3.94. The van der Waals surface area contributed by atoms with E-state index in [0.29, 0.717) is 12.0 Å². The highest BCUT2D eigenvalue weighted by Gasteiger charge is 2.33. The van der Waals surface area contributed by atoms with Crippen LogP contribution >= 0.6 is 0 Å². The molecule has 0 bridgehead atoms. The number of carbonyl (C=O) groups excluding carboxylic acids is 1. The smallest absolute Gasteiger partial charge is 0.407 e. The van der Waals surface area contributed by atoms with Gasteiger partial charge < -0.3 is 15.4 Å². The average molecular weight is 241 g/mol. The normalized spacial score (nSPS) is 34.6. The molecule has 2 heterocycles. The van der Waals surface area contributed by atoms with Crippen LogP contribution < -0.4 is 10.6 Å². The molecule has 5 nitrogen and oxygen atoms in total. The Morgan fingerprint density at radius 2 is 2.29 bits per heavy atom. The van der Waals surface area contributed by atoms with Crippen LogP contribution in [0.2, 0.25) is 0 Å². The minimum absolute atomic E-state index is 0.254. The minimum Gasteiger partial charge on any atom is -0.453 e. The fraction of sp³-hybridized carbons (Fsp3) is 0.917. The molecule has 17 heavy (non-hydrogen) atoms. The van der Waals surface area contributed by atoms with Crippen molar-refractivity contribution in [3.05, 3.63) is 0 Å². The monoisotopic (exact) mass is 241 g/mol. The first-order chi connectivity index (χ1) is 8.20. The fourth-order valence-electron chi connectivity index (χ4n) is 2.97. The second-order valence-electron chi connectivity index (χ2n) is 5.15. The zero-order chi connectivity index (χ0) is 12.3. The lowest BCUT2D eigenvalue weighted by atomic mass is 9.94. The third kappa shape index (κ3) is 3.10. The second-order valence-corrected chi connectivity index (χ2v) is 5.15. The molecule has 2 rings (SSSR count). The highest BCUT2D eigenvalue weighted by Crippen LogP contribution is 2.22. The maximum atomic E-state index is 11.2. The maximum Gasteiger partial charge on any atom is 0.407 e. The van der Waals surface area contributed by atoms with E-state index in [9.17, 15) is 4.79 Å². The van der Waals surface area contributed by atoms with Gasteiger partial charge in [-0.25, -0.2) is 4.79 Å². The van der Waals surface area contributed by atoms with Crippen molar-refractivity contribution in [2.75, 3.05) is 33.3 Å². The molecule has 0 aliphatic carbocycles. The van der Waals surface area contributed by atoms with Gasteiger partial charge in [-0.05, 0) is 31.8 Å². The van der Waals surface area contributed by atoms with E-state index in [1.807, 2.05) is 0 Å². The Morgan fingerprint density at radius 1 is 1.47 bits per heavy atom. The van der Waals surface area contributed by atoms with Gasteiger partial charge >= 0.3 is 6.09 Å². The zero-order valence-corrected chi connectivity index (χ0v) is 10.7. The summed E-state index contributed by atoms with van der Waals surface area (Å²) in [5, 5.41) is 6.32. The quantitative estimate of drug-likeness (QED) is 0.735. The Kier molecular flexibility index (Phi) is 4.23. The third-order valence-electron chi connectivity index (χ3n) is 3.94. The van der Waals surface area contributed by atoms with Crippen LogP contribution in [0.25, 0.3) is 0 Å². The van der Waals surface area contributed by atoms with Crippen LogP contribution in [0.3, 0.4) is 0 Å². The van der Waals surface area contributed by atoms with Gasteiger partial charge in [0.05, 0.1) is 7.11 Å². The topological polar surface area (TPSA) is 53.6 Å². The van der Waals surface area contributed by atoms with Gasteiger partial charge in [-0.15, -0.1) is 0 Å². The average Bonchev–Trinajstić information content (AvgIpc) is 2.78. The van der Waals surface area contributed by atoms with Crippen molar-refractivity contribution in [3.8, 4) is 0 Å². The highest BCUT2D eigenvalue weighted by molar-refractivity contribution is 5.67. The van der Waals surface area contributed by atoms with Crippen molar-refractivity contribution < 1.29 is 9.53 Å². The first-order valence-electron chi connectivity index (χ1n) is 6.50. The van der Waals surface area contributed by atoms with Crippen molar-refractivity contribution in [1.29, 1.82) is 0 Å². The Hall–Kier alpha value is -0.810. The number of carbonyl (C=O) groups is 1. The zero-order valence-electron chi connectivity index (χ0n) is 10.7. The van der Waals surface area contributed by atoms with Crippen molar-refractivity contribution >= 4 is 6.09 Å². The van der Waals surface area contributed by atoms with Gasteiger partial charge in [0.1, 0.15) is 0 Å². The van der Waals surface area contributed by atoms with E-state index in [1.54, 1.807) is 0 Å². The molecule has 0 saturated carbocycles. The van der Waals surface area contributed by atoms with E-state index in [1.165, 1.54) is 13.5 Å². The Balaban J connectivity index is 1.82. The van der Waals surface area contributed by atoms with E-state index in [-0.39, 0.29) is 12.1 Å². The predicted molar refractivity (Wildman–Crippen MR) is 66.0 cm³/mol. The van der Waals surface area contributed by atoms with Gasteiger partial charge in [0.25, 0.3) is 0 Å². The highest BCUT2D eigenvalue weighted by atomic mass is 16.5. The number of nitrogens with one attached hydrogen (secondary N) is 2. The lowest BCUT2D eigenvalue weighted by Gasteiger charge is -2.36. The number of alkyl carbamates (subject to hydrolysis) is 1. The first kappa shape index (κ1) is 12.6. The standard InChI is InChI=1S/C12H23N3O2/c1-9-7-13-5-3-11(9)15-6-4-10(8-15)14-12(16)17-2/h9-11,13H,3-8H2,1-2H3,(H,14,16). The minimum atomic E-state index is -0.310. The van der Waals surface area contributed by atoms with Crippen LogP contribution in [0.1, 0.15) is 19.8 Å². The molecule has 0 aromatic rings. The maximum absolute atomic E-state index is 11.2. The molecule has 0 aromatic heterocycles. The summed E-state index contributed by atoms with van der Waals surface area (Å²) in [7, 11) is 1.41. The van der Waals surface area contributed by atoms with Crippen molar-refractivity contribution in [1.82, 2.24) is 15.5 Å². The van der Waals surface area contributed by atoms with E-state index >= 15 is 0 Å². The molecule has 0 aromatic carbocycles. The van der Waals surface area contributed by atoms with Gasteiger partial charge in [0.2, 0.25) is 0 Å². The van der Waals surface area contributed by atoms with E-state index in [4.69, 9.17) is 0 Å². The van der Waals surface area contributed by atoms with Crippen LogP contribution in [0.5, 0.6) is 0 Å². The molecule has 0 spiro atoms. The van der Waals surface area contributed by atoms with Crippen LogP contribution in [0.15, 0.2) is 0 Å². The van der Waals surface area contributed by atoms with Crippen LogP contribution in [-0.2, 0) is 4.74 Å². The van der Waals surface area contributed by atoms with Gasteiger partial charge in [-0.3, -0.25) is 4.90 Å². The van der Waals surface area contributed by atoms with E-state index in [2.05, 4.69) is 27.2 Å². The Bertz CT molecular complexity index is 272. The van der Waals surface area contributed by atoms with Crippen molar-refractivity contribution in [2.24, 2.45) is 5.92 Å². The number of rotatable bonds is 2. The summed E-state index contributed by atoms with van der Waals surface area (Å²) in [4.78, 5) is 13.7. The summed E-state index contributed by atoms with van der Waals surface area (Å²) in [5.41, 5.74) is 0. The molecule has 3 unspecified atom stereocenters. The summed E-state index contributed by atoms with van der Waals surface area (Å²) in [5.74, 6) is 0.695. The van der Waals surface area contributed by atoms with Crippen molar-refractivity contribution in [3.63, 3.8) is 0 Å². The predicted octanol–water partition coefficient (Wildman–Crippen LogP) is 0.415. The van der Waals surface area contributed by atoms with Gasteiger partial charge in [0.15, 0.2) is 0 Å². The van der Waals surface area contributed by atoms with Crippen LogP contribution in [0, 0.1) is 5.92 Å². The summed E-state index contributed by atoms with van der Waals surface area (Å²) < 4.78 is 4.64. The lowest BCUT2D eigenvalue weighted by Crippen LogP contribution is -2.48.